The van der Waals surface area contributed by atoms with Crippen LogP contribution in [0.25, 0.3) is 0 Å². The third-order valence-corrected chi connectivity index (χ3v) is 5.64. The molecule has 1 fully saturated rings. The zero-order valence-electron chi connectivity index (χ0n) is 11.8. The number of sulfonamides is 1. The van der Waals surface area contributed by atoms with Gasteiger partial charge in [0.2, 0.25) is 10.0 Å². The highest BCUT2D eigenvalue weighted by atomic mass is 32.2. The van der Waals surface area contributed by atoms with Crippen LogP contribution in [0.3, 0.4) is 0 Å². The van der Waals surface area contributed by atoms with Crippen LogP contribution >= 0.6 is 0 Å². The van der Waals surface area contributed by atoms with Gasteiger partial charge in [0.05, 0.1) is 11.4 Å². The van der Waals surface area contributed by atoms with Gasteiger partial charge in [0.25, 0.3) is 0 Å². The summed E-state index contributed by atoms with van der Waals surface area (Å²) in [5.41, 5.74) is 7.25. The van der Waals surface area contributed by atoms with Crippen molar-refractivity contribution in [1.82, 2.24) is 14.1 Å². The van der Waals surface area contributed by atoms with Gasteiger partial charge in [0.15, 0.2) is 0 Å². The van der Waals surface area contributed by atoms with Crippen molar-refractivity contribution >= 4 is 10.0 Å². The molecule has 1 aliphatic rings. The van der Waals surface area contributed by atoms with Crippen molar-refractivity contribution in [3.8, 4) is 0 Å². The Labute approximate surface area is 114 Å². The Bertz CT molecular complexity index is 565. The predicted molar refractivity (Wildman–Crippen MR) is 73.3 cm³/mol. The van der Waals surface area contributed by atoms with Gasteiger partial charge in [-0.1, -0.05) is 13.8 Å². The standard InChI is InChI=1S/C12H22N4O2S/c1-4-10-12(11(5-2)15(3)14-10)19(17,18)16-7-6-9(13)8-16/h9H,4-8,13H2,1-3H3/t9-/m0/s1. The number of hydrogen-bond donors (Lipinski definition) is 1. The van der Waals surface area contributed by atoms with Crippen LogP contribution in [0.15, 0.2) is 4.90 Å². The Kier molecular flexibility index (Phi) is 3.98. The monoisotopic (exact) mass is 286 g/mol. The smallest absolute Gasteiger partial charge is 0.246 e. The number of nitrogens with zero attached hydrogens (tertiary/aromatic N) is 3. The zero-order valence-corrected chi connectivity index (χ0v) is 12.6. The zero-order chi connectivity index (χ0) is 14.2. The van der Waals surface area contributed by atoms with Crippen LogP contribution in [-0.2, 0) is 29.9 Å². The molecule has 0 unspecified atom stereocenters. The minimum absolute atomic E-state index is 0.0541. The first-order chi connectivity index (χ1) is 8.91. The van der Waals surface area contributed by atoms with Crippen LogP contribution in [-0.4, -0.2) is 41.6 Å². The first-order valence-corrected chi connectivity index (χ1v) is 8.16. The molecule has 0 radical (unpaired) electrons. The Morgan fingerprint density at radius 3 is 2.53 bits per heavy atom. The van der Waals surface area contributed by atoms with Gasteiger partial charge in [-0.3, -0.25) is 4.68 Å². The van der Waals surface area contributed by atoms with E-state index in [1.165, 1.54) is 4.31 Å². The van der Waals surface area contributed by atoms with Crippen LogP contribution < -0.4 is 5.73 Å². The van der Waals surface area contributed by atoms with Gasteiger partial charge in [-0.05, 0) is 19.3 Å². The molecule has 1 aromatic heterocycles. The lowest BCUT2D eigenvalue weighted by molar-refractivity contribution is 0.470. The number of hydrogen-bond acceptors (Lipinski definition) is 4. The fraction of sp³-hybridized carbons (Fsp3) is 0.750. The Morgan fingerprint density at radius 1 is 1.37 bits per heavy atom. The van der Waals surface area contributed by atoms with E-state index in [9.17, 15) is 8.42 Å². The lowest BCUT2D eigenvalue weighted by Gasteiger charge is -2.17. The summed E-state index contributed by atoms with van der Waals surface area (Å²) in [6.45, 7) is 4.79. The fourth-order valence-corrected chi connectivity index (χ4v) is 4.67. The first-order valence-electron chi connectivity index (χ1n) is 6.72. The molecule has 19 heavy (non-hydrogen) atoms. The van der Waals surface area contributed by atoms with Crippen molar-refractivity contribution in [2.24, 2.45) is 12.8 Å². The van der Waals surface area contributed by atoms with Crippen molar-refractivity contribution in [2.75, 3.05) is 13.1 Å². The second kappa shape index (κ2) is 5.22. The largest absolute Gasteiger partial charge is 0.326 e. The van der Waals surface area contributed by atoms with Gasteiger partial charge in [-0.2, -0.15) is 9.40 Å². The van der Waals surface area contributed by atoms with Crippen LogP contribution in [0.2, 0.25) is 0 Å². The minimum Gasteiger partial charge on any atom is -0.326 e. The lowest BCUT2D eigenvalue weighted by atomic mass is 10.2. The van der Waals surface area contributed by atoms with E-state index >= 15 is 0 Å². The fourth-order valence-electron chi connectivity index (χ4n) is 2.62. The molecule has 1 atom stereocenters. The third-order valence-electron chi connectivity index (χ3n) is 3.64. The van der Waals surface area contributed by atoms with Gasteiger partial charge in [-0.15, -0.1) is 0 Å². The summed E-state index contributed by atoms with van der Waals surface area (Å²) in [5, 5.41) is 4.34. The van der Waals surface area contributed by atoms with E-state index < -0.39 is 10.0 Å². The van der Waals surface area contributed by atoms with Crippen LogP contribution in [0.5, 0.6) is 0 Å². The number of nitrogens with two attached hydrogens (primary N) is 1. The average molecular weight is 286 g/mol. The molecule has 6 nitrogen and oxygen atoms in total. The number of aromatic nitrogens is 2. The maximum atomic E-state index is 12.8. The molecule has 1 saturated heterocycles. The lowest BCUT2D eigenvalue weighted by Crippen LogP contribution is -2.32. The molecule has 7 heteroatoms. The summed E-state index contributed by atoms with van der Waals surface area (Å²) < 4.78 is 28.7. The van der Waals surface area contributed by atoms with Crippen molar-refractivity contribution in [2.45, 2.75) is 44.0 Å². The molecule has 1 aromatic rings. The number of aryl methyl sites for hydroxylation is 2. The van der Waals surface area contributed by atoms with E-state index in [1.807, 2.05) is 13.8 Å². The van der Waals surface area contributed by atoms with Gasteiger partial charge in [-0.25, -0.2) is 8.42 Å². The molecule has 0 amide bonds. The third kappa shape index (κ3) is 2.42. The summed E-state index contributed by atoms with van der Waals surface area (Å²) in [5.74, 6) is 0. The molecule has 1 aliphatic heterocycles. The number of rotatable bonds is 4. The van der Waals surface area contributed by atoms with Crippen molar-refractivity contribution < 1.29 is 8.42 Å². The molecule has 0 aliphatic carbocycles. The normalized spacial score (nSPS) is 21.2. The predicted octanol–water partition coefficient (Wildman–Crippen LogP) is 0.267. The highest BCUT2D eigenvalue weighted by molar-refractivity contribution is 7.89. The summed E-state index contributed by atoms with van der Waals surface area (Å²) in [7, 11) is -1.67. The first kappa shape index (κ1) is 14.5. The molecular weight excluding hydrogens is 264 g/mol. The van der Waals surface area contributed by atoms with Crippen LogP contribution in [0.1, 0.15) is 31.7 Å². The quantitative estimate of drug-likeness (QED) is 0.861. The summed E-state index contributed by atoms with van der Waals surface area (Å²) in [6.07, 6.45) is 1.99. The van der Waals surface area contributed by atoms with Gasteiger partial charge >= 0.3 is 0 Å². The highest BCUT2D eigenvalue weighted by Gasteiger charge is 2.35. The van der Waals surface area contributed by atoms with Gasteiger partial charge in [0, 0.05) is 26.2 Å². The summed E-state index contributed by atoms with van der Waals surface area (Å²) in [6, 6.07) is -0.0541. The van der Waals surface area contributed by atoms with E-state index in [0.29, 0.717) is 36.5 Å². The van der Waals surface area contributed by atoms with Crippen LogP contribution in [0, 0.1) is 0 Å². The van der Waals surface area contributed by atoms with E-state index in [2.05, 4.69) is 5.10 Å². The Morgan fingerprint density at radius 2 is 2.05 bits per heavy atom. The van der Waals surface area contributed by atoms with E-state index in [4.69, 9.17) is 5.73 Å². The SMILES string of the molecule is CCc1nn(C)c(CC)c1S(=O)(=O)N1CC[C@H](N)C1. The topological polar surface area (TPSA) is 81.2 Å². The molecular formula is C12H22N4O2S. The van der Waals surface area contributed by atoms with Crippen LogP contribution in [0.4, 0.5) is 0 Å². The second-order valence-corrected chi connectivity index (χ2v) is 6.84. The maximum absolute atomic E-state index is 12.8. The van der Waals surface area contributed by atoms with E-state index in [1.54, 1.807) is 11.7 Å². The average Bonchev–Trinajstić information content (AvgIpc) is 2.93. The van der Waals surface area contributed by atoms with Gasteiger partial charge in [0.1, 0.15) is 4.90 Å². The molecule has 2 N–H and O–H groups in total. The van der Waals surface area contributed by atoms with E-state index in [-0.39, 0.29) is 6.04 Å². The van der Waals surface area contributed by atoms with Gasteiger partial charge < -0.3 is 5.73 Å². The summed E-state index contributed by atoms with van der Waals surface area (Å²) in [4.78, 5) is 0.397. The maximum Gasteiger partial charge on any atom is 0.246 e. The summed E-state index contributed by atoms with van der Waals surface area (Å²) >= 11 is 0. The van der Waals surface area contributed by atoms with Crippen molar-refractivity contribution in [3.05, 3.63) is 11.4 Å². The Balaban J connectivity index is 2.51. The molecule has 0 spiro atoms. The molecule has 0 bridgehead atoms. The minimum atomic E-state index is -3.47. The van der Waals surface area contributed by atoms with Crippen molar-refractivity contribution in [1.29, 1.82) is 0 Å². The highest BCUT2D eigenvalue weighted by Crippen LogP contribution is 2.27. The van der Waals surface area contributed by atoms with E-state index in [0.717, 1.165) is 12.1 Å². The molecule has 2 rings (SSSR count). The molecule has 0 aromatic carbocycles. The second-order valence-electron chi connectivity index (χ2n) is 4.97. The molecule has 0 saturated carbocycles. The molecule has 108 valence electrons. The molecule has 2 heterocycles. The van der Waals surface area contributed by atoms with Crippen molar-refractivity contribution in [3.63, 3.8) is 0 Å². The Hall–Kier alpha value is -0.920.